The average Bonchev–Trinajstić information content (AvgIpc) is 2.97. The second kappa shape index (κ2) is 3.84. The topological polar surface area (TPSA) is 29.5 Å². The first kappa shape index (κ1) is 12.4. The summed E-state index contributed by atoms with van der Waals surface area (Å²) in [6, 6.07) is 4.35. The van der Waals surface area contributed by atoms with Crippen molar-refractivity contribution in [2.75, 3.05) is 0 Å². The summed E-state index contributed by atoms with van der Waals surface area (Å²) in [5.74, 6) is 0.156. The summed E-state index contributed by atoms with van der Waals surface area (Å²) >= 11 is 0. The van der Waals surface area contributed by atoms with Crippen LogP contribution in [0.2, 0.25) is 0 Å². The molecule has 0 amide bonds. The maximum absolute atomic E-state index is 10.7. The first-order valence-electron chi connectivity index (χ1n) is 7.33. The minimum atomic E-state index is -0.427. The van der Waals surface area contributed by atoms with Gasteiger partial charge in [-0.15, -0.1) is 0 Å². The van der Waals surface area contributed by atoms with Crippen molar-refractivity contribution in [1.82, 2.24) is 0 Å². The molecule has 1 N–H and O–H groups in total. The maximum atomic E-state index is 10.7. The molecule has 0 unspecified atom stereocenters. The Morgan fingerprint density at radius 2 is 1.60 bits per heavy atom. The van der Waals surface area contributed by atoms with Gasteiger partial charge >= 0.3 is 0 Å². The van der Waals surface area contributed by atoms with Crippen molar-refractivity contribution in [3.8, 4) is 0 Å². The van der Waals surface area contributed by atoms with Crippen LogP contribution in [0.3, 0.4) is 0 Å². The third-order valence-electron chi connectivity index (χ3n) is 4.80. The summed E-state index contributed by atoms with van der Waals surface area (Å²) in [5.41, 5.74) is 4.75. The van der Waals surface area contributed by atoms with Gasteiger partial charge in [-0.1, -0.05) is 45.1 Å². The van der Waals surface area contributed by atoms with Crippen LogP contribution in [0.15, 0.2) is 30.4 Å². The lowest BCUT2D eigenvalue weighted by Gasteiger charge is -2.36. The Bertz CT molecular complexity index is 634. The van der Waals surface area contributed by atoms with Crippen LogP contribution in [-0.4, -0.2) is 5.11 Å². The molecule has 20 heavy (non-hydrogen) atoms. The van der Waals surface area contributed by atoms with Crippen molar-refractivity contribution >= 4 is 6.08 Å². The molecular formula is C18H20O2. The van der Waals surface area contributed by atoms with Gasteiger partial charge in [0.05, 0.1) is 6.10 Å². The molecule has 0 saturated heterocycles. The van der Waals surface area contributed by atoms with Gasteiger partial charge in [0.1, 0.15) is 12.2 Å². The van der Waals surface area contributed by atoms with Gasteiger partial charge in [0.2, 0.25) is 0 Å². The highest BCUT2D eigenvalue weighted by molar-refractivity contribution is 5.62. The van der Waals surface area contributed by atoms with Gasteiger partial charge in [-0.25, -0.2) is 0 Å². The summed E-state index contributed by atoms with van der Waals surface area (Å²) in [4.78, 5) is 0. The molecule has 4 rings (SSSR count). The van der Waals surface area contributed by atoms with Crippen LogP contribution >= 0.6 is 0 Å². The second-order valence-corrected chi connectivity index (χ2v) is 7.17. The number of aliphatic hydroxyl groups excluding tert-OH is 1. The fourth-order valence-electron chi connectivity index (χ4n) is 3.63. The van der Waals surface area contributed by atoms with E-state index in [2.05, 4.69) is 57.2 Å². The van der Waals surface area contributed by atoms with Gasteiger partial charge < -0.3 is 9.84 Å². The largest absolute Gasteiger partial charge is 0.388 e. The molecule has 2 nitrogen and oxygen atoms in total. The Morgan fingerprint density at radius 1 is 0.950 bits per heavy atom. The van der Waals surface area contributed by atoms with E-state index < -0.39 is 6.10 Å². The fraction of sp³-hybridized carbons (Fsp3) is 0.444. The second-order valence-electron chi connectivity index (χ2n) is 7.17. The molecule has 0 saturated carbocycles. The third-order valence-corrected chi connectivity index (χ3v) is 4.80. The summed E-state index contributed by atoms with van der Waals surface area (Å²) < 4.78 is 5.87. The molecule has 1 aromatic rings. The van der Waals surface area contributed by atoms with Crippen molar-refractivity contribution in [1.29, 1.82) is 0 Å². The van der Waals surface area contributed by atoms with E-state index in [0.717, 1.165) is 11.1 Å². The first-order chi connectivity index (χ1) is 9.45. The summed E-state index contributed by atoms with van der Waals surface area (Å²) in [6.45, 7) is 6.53. The molecule has 2 bridgehead atoms. The molecule has 0 fully saturated rings. The molecule has 3 aliphatic rings. The van der Waals surface area contributed by atoms with E-state index in [1.807, 2.05) is 0 Å². The smallest absolute Gasteiger partial charge is 0.102 e. The minimum absolute atomic E-state index is 0.0576. The quantitative estimate of drug-likeness (QED) is 0.718. The van der Waals surface area contributed by atoms with Crippen molar-refractivity contribution in [3.05, 3.63) is 52.6 Å². The van der Waals surface area contributed by atoms with E-state index in [9.17, 15) is 5.11 Å². The highest BCUT2D eigenvalue weighted by atomic mass is 16.5. The van der Waals surface area contributed by atoms with E-state index in [1.54, 1.807) is 0 Å². The predicted octanol–water partition coefficient (Wildman–Crippen LogP) is 4.09. The van der Waals surface area contributed by atoms with E-state index >= 15 is 0 Å². The third kappa shape index (κ3) is 1.58. The average molecular weight is 268 g/mol. The van der Waals surface area contributed by atoms with Crippen molar-refractivity contribution in [2.24, 2.45) is 11.3 Å². The Hall–Kier alpha value is -1.38. The van der Waals surface area contributed by atoms with E-state index in [1.165, 1.54) is 11.1 Å². The Labute approximate surface area is 119 Å². The van der Waals surface area contributed by atoms with Gasteiger partial charge in [0, 0.05) is 5.92 Å². The molecule has 0 spiro atoms. The normalized spacial score (nSPS) is 33.4. The fourth-order valence-corrected chi connectivity index (χ4v) is 3.63. The SMILES string of the molecule is CC(C)(C)[C@@H]1C=Cc2cc3c(cc2[C@@H]1O)[C@@H]1C=C[C@H]3O1. The Kier molecular flexibility index (Phi) is 2.37. The monoisotopic (exact) mass is 268 g/mol. The molecule has 0 aromatic heterocycles. The van der Waals surface area contributed by atoms with Gasteiger partial charge in [-0.3, -0.25) is 0 Å². The number of fused-ring (bicyclic) bond motifs is 6. The van der Waals surface area contributed by atoms with Gasteiger partial charge in [0.15, 0.2) is 0 Å². The van der Waals surface area contributed by atoms with Crippen molar-refractivity contribution in [3.63, 3.8) is 0 Å². The molecule has 104 valence electrons. The van der Waals surface area contributed by atoms with Crippen LogP contribution in [0.4, 0.5) is 0 Å². The number of rotatable bonds is 0. The zero-order valence-electron chi connectivity index (χ0n) is 12.1. The van der Waals surface area contributed by atoms with Crippen LogP contribution in [0, 0.1) is 11.3 Å². The van der Waals surface area contributed by atoms with Crippen LogP contribution in [0.5, 0.6) is 0 Å². The Balaban J connectivity index is 1.82. The summed E-state index contributed by atoms with van der Waals surface area (Å²) in [6.07, 6.45) is 8.34. The van der Waals surface area contributed by atoms with Gasteiger partial charge in [0.25, 0.3) is 0 Å². The minimum Gasteiger partial charge on any atom is -0.388 e. The molecule has 1 aliphatic carbocycles. The van der Waals surface area contributed by atoms with Crippen LogP contribution in [0.1, 0.15) is 61.3 Å². The highest BCUT2D eigenvalue weighted by Crippen LogP contribution is 2.49. The molecular weight excluding hydrogens is 248 g/mol. The Morgan fingerprint density at radius 3 is 2.25 bits per heavy atom. The van der Waals surface area contributed by atoms with Gasteiger partial charge in [-0.05, 0) is 39.8 Å². The molecule has 2 heterocycles. The number of benzene rings is 1. The molecule has 2 heteroatoms. The number of ether oxygens (including phenoxy) is 1. The number of aliphatic hydroxyl groups is 1. The highest BCUT2D eigenvalue weighted by Gasteiger charge is 2.38. The lowest BCUT2D eigenvalue weighted by Crippen LogP contribution is -2.27. The molecule has 2 aliphatic heterocycles. The molecule has 1 aromatic carbocycles. The standard InChI is InChI=1S/C18H20O2/c1-18(2,3)14-5-4-10-8-12-13(9-11(10)17(14)19)16-7-6-15(12)20-16/h4-9,14-17,19H,1-3H3/t14-,15-,16+,17+/m1/s1. The van der Waals surface area contributed by atoms with Crippen LogP contribution in [-0.2, 0) is 4.74 Å². The number of hydrogen-bond donors (Lipinski definition) is 1. The predicted molar refractivity (Wildman–Crippen MR) is 79.1 cm³/mol. The van der Waals surface area contributed by atoms with E-state index in [-0.39, 0.29) is 23.5 Å². The van der Waals surface area contributed by atoms with Crippen LogP contribution < -0.4 is 0 Å². The van der Waals surface area contributed by atoms with Gasteiger partial charge in [-0.2, -0.15) is 0 Å². The molecule has 0 radical (unpaired) electrons. The zero-order chi connectivity index (χ0) is 14.1. The van der Waals surface area contributed by atoms with Crippen LogP contribution in [0.25, 0.3) is 6.08 Å². The lowest BCUT2D eigenvalue weighted by molar-refractivity contribution is 0.0695. The van der Waals surface area contributed by atoms with E-state index in [4.69, 9.17) is 4.74 Å². The van der Waals surface area contributed by atoms with E-state index in [0.29, 0.717) is 0 Å². The zero-order valence-corrected chi connectivity index (χ0v) is 12.1. The summed E-state index contributed by atoms with van der Waals surface area (Å²) in [5, 5.41) is 10.7. The maximum Gasteiger partial charge on any atom is 0.102 e. The lowest BCUT2D eigenvalue weighted by atomic mass is 9.71. The first-order valence-corrected chi connectivity index (χ1v) is 7.33. The van der Waals surface area contributed by atoms with Crippen molar-refractivity contribution < 1.29 is 9.84 Å². The number of hydrogen-bond acceptors (Lipinski definition) is 2. The van der Waals surface area contributed by atoms with Crippen molar-refractivity contribution in [2.45, 2.75) is 39.1 Å². The summed E-state index contributed by atoms with van der Waals surface area (Å²) in [7, 11) is 0. The molecule has 4 atom stereocenters.